The number of benzene rings is 3. The topological polar surface area (TPSA) is 67.2 Å². The van der Waals surface area contributed by atoms with Gasteiger partial charge in [0.05, 0.1) is 34.4 Å². The van der Waals surface area contributed by atoms with Crippen molar-refractivity contribution < 1.29 is 9.18 Å². The first kappa shape index (κ1) is 22.8. The smallest absolute Gasteiger partial charge is 0.261 e. The lowest BCUT2D eigenvalue weighted by Crippen LogP contribution is -2.31. The number of piperidine rings is 1. The van der Waals surface area contributed by atoms with Gasteiger partial charge in [0, 0.05) is 13.1 Å². The average Bonchev–Trinajstić information content (AvgIpc) is 2.88. The summed E-state index contributed by atoms with van der Waals surface area (Å²) in [5.41, 5.74) is 2.65. The molecule has 2 heterocycles. The zero-order valence-electron chi connectivity index (χ0n) is 19.6. The first-order valence-corrected chi connectivity index (χ1v) is 11.9. The van der Waals surface area contributed by atoms with Crippen LogP contribution in [0.5, 0.6) is 0 Å². The largest absolute Gasteiger partial charge is 0.370 e. The third kappa shape index (κ3) is 4.67. The Labute approximate surface area is 203 Å². The number of nitrogens with zero attached hydrogens (tertiary/aromatic N) is 3. The molecule has 0 aliphatic carbocycles. The predicted octanol–water partition coefficient (Wildman–Crippen LogP) is 5.13. The molecule has 6 nitrogen and oxygen atoms in total. The van der Waals surface area contributed by atoms with Gasteiger partial charge < -0.3 is 10.2 Å². The Hall–Kier alpha value is -4.00. The molecule has 3 aromatic carbocycles. The molecule has 0 saturated carbocycles. The fourth-order valence-corrected chi connectivity index (χ4v) is 4.65. The molecule has 0 atom stereocenters. The first-order chi connectivity index (χ1) is 17.0. The minimum atomic E-state index is -0.590. The maximum atomic E-state index is 14.3. The van der Waals surface area contributed by atoms with E-state index < -0.39 is 11.7 Å². The van der Waals surface area contributed by atoms with Crippen molar-refractivity contribution >= 4 is 28.2 Å². The number of rotatable bonds is 5. The van der Waals surface area contributed by atoms with Gasteiger partial charge >= 0.3 is 0 Å². The fourth-order valence-electron chi connectivity index (χ4n) is 4.65. The predicted molar refractivity (Wildman–Crippen MR) is 137 cm³/mol. The maximum absolute atomic E-state index is 14.3. The van der Waals surface area contributed by atoms with E-state index in [1.54, 1.807) is 22.8 Å². The van der Waals surface area contributed by atoms with Crippen molar-refractivity contribution in [3.63, 3.8) is 0 Å². The molecule has 0 radical (unpaired) electrons. The number of anilines is 2. The number of fused-ring (bicyclic) bond motifs is 1. The Morgan fingerprint density at radius 3 is 2.46 bits per heavy atom. The maximum Gasteiger partial charge on any atom is 0.261 e. The van der Waals surface area contributed by atoms with Gasteiger partial charge in [0.2, 0.25) is 0 Å². The van der Waals surface area contributed by atoms with Crippen LogP contribution in [0.1, 0.15) is 41.0 Å². The highest BCUT2D eigenvalue weighted by Gasteiger charge is 2.21. The van der Waals surface area contributed by atoms with Crippen molar-refractivity contribution in [1.82, 2.24) is 9.55 Å². The van der Waals surface area contributed by atoms with Crippen molar-refractivity contribution in [3.8, 4) is 0 Å². The lowest BCUT2D eigenvalue weighted by molar-refractivity contribution is 0.102. The number of hydrogen-bond acceptors (Lipinski definition) is 4. The normalized spacial score (nSPS) is 13.7. The summed E-state index contributed by atoms with van der Waals surface area (Å²) in [4.78, 5) is 33.5. The zero-order chi connectivity index (χ0) is 24.4. The van der Waals surface area contributed by atoms with E-state index in [2.05, 4.69) is 10.2 Å². The van der Waals surface area contributed by atoms with Crippen molar-refractivity contribution in [2.75, 3.05) is 23.3 Å². The molecule has 1 aliphatic rings. The molecule has 1 fully saturated rings. The molecule has 0 bridgehead atoms. The van der Waals surface area contributed by atoms with Crippen molar-refractivity contribution in [1.29, 1.82) is 0 Å². The second-order valence-corrected chi connectivity index (χ2v) is 8.90. The summed E-state index contributed by atoms with van der Waals surface area (Å²) in [5, 5.41) is 3.28. The SMILES string of the molecule is Cc1nc2cc(N3CCCCC3)c(NC(=O)c3ccccc3F)cc2c(=O)n1Cc1ccccc1. The molecule has 1 amide bonds. The monoisotopic (exact) mass is 470 g/mol. The van der Waals surface area contributed by atoms with E-state index in [4.69, 9.17) is 4.98 Å². The lowest BCUT2D eigenvalue weighted by atomic mass is 10.1. The second-order valence-electron chi connectivity index (χ2n) is 8.90. The van der Waals surface area contributed by atoms with Crippen molar-refractivity contribution in [2.45, 2.75) is 32.7 Å². The van der Waals surface area contributed by atoms with Gasteiger partial charge in [-0.15, -0.1) is 0 Å². The standard InChI is InChI=1S/C28H27FN4O2/c1-19-30-24-17-26(32-14-8-3-9-15-32)25(31-27(34)21-12-6-7-13-23(21)29)16-22(24)28(35)33(19)18-20-10-4-2-5-11-20/h2,4-7,10-13,16-17H,3,8-9,14-15,18H2,1H3,(H,31,34). The van der Waals surface area contributed by atoms with Crippen LogP contribution in [-0.4, -0.2) is 28.5 Å². The van der Waals surface area contributed by atoms with Crippen LogP contribution in [0.2, 0.25) is 0 Å². The summed E-state index contributed by atoms with van der Waals surface area (Å²) < 4.78 is 15.9. The van der Waals surface area contributed by atoms with E-state index in [-0.39, 0.29) is 11.1 Å². The number of carbonyl (C=O) groups excluding carboxylic acids is 1. The lowest BCUT2D eigenvalue weighted by Gasteiger charge is -2.31. The summed E-state index contributed by atoms with van der Waals surface area (Å²) in [5.74, 6) is -0.516. The van der Waals surface area contributed by atoms with Gasteiger partial charge in [-0.2, -0.15) is 0 Å². The minimum absolute atomic E-state index is 0.0410. The number of hydrogen-bond donors (Lipinski definition) is 1. The third-order valence-electron chi connectivity index (χ3n) is 6.51. The number of carbonyl (C=O) groups is 1. The quantitative estimate of drug-likeness (QED) is 0.439. The van der Waals surface area contributed by atoms with E-state index in [1.807, 2.05) is 43.3 Å². The van der Waals surface area contributed by atoms with Gasteiger partial charge in [-0.3, -0.25) is 14.2 Å². The molecule has 5 rings (SSSR count). The summed E-state index contributed by atoms with van der Waals surface area (Å²) >= 11 is 0. The molecule has 7 heteroatoms. The van der Waals surface area contributed by atoms with Gasteiger partial charge in [-0.25, -0.2) is 9.37 Å². The molecule has 1 N–H and O–H groups in total. The Bertz CT molecular complexity index is 1440. The highest BCUT2D eigenvalue weighted by atomic mass is 19.1. The molecule has 35 heavy (non-hydrogen) atoms. The first-order valence-electron chi connectivity index (χ1n) is 11.9. The van der Waals surface area contributed by atoms with Crippen LogP contribution in [0.15, 0.2) is 71.5 Å². The number of halogens is 1. The zero-order valence-corrected chi connectivity index (χ0v) is 19.6. The summed E-state index contributed by atoms with van der Waals surface area (Å²) in [6.45, 7) is 3.92. The van der Waals surface area contributed by atoms with Gasteiger partial charge in [0.15, 0.2) is 0 Å². The Kier molecular flexibility index (Phi) is 6.31. The Morgan fingerprint density at radius 1 is 1.00 bits per heavy atom. The number of aromatic nitrogens is 2. The van der Waals surface area contributed by atoms with Gasteiger partial charge in [-0.1, -0.05) is 42.5 Å². The minimum Gasteiger partial charge on any atom is -0.370 e. The number of nitrogens with one attached hydrogen (secondary N) is 1. The molecule has 4 aromatic rings. The molecule has 1 aliphatic heterocycles. The van der Waals surface area contributed by atoms with E-state index in [9.17, 15) is 14.0 Å². The van der Waals surface area contributed by atoms with E-state index >= 15 is 0 Å². The Balaban J connectivity index is 1.61. The van der Waals surface area contributed by atoms with Crippen molar-refractivity contribution in [3.05, 3.63) is 99.9 Å². The van der Waals surface area contributed by atoms with Crippen LogP contribution in [0, 0.1) is 12.7 Å². The second kappa shape index (κ2) is 9.70. The van der Waals surface area contributed by atoms with Crippen LogP contribution in [0.4, 0.5) is 15.8 Å². The van der Waals surface area contributed by atoms with Gasteiger partial charge in [0.1, 0.15) is 11.6 Å². The van der Waals surface area contributed by atoms with Crippen LogP contribution < -0.4 is 15.8 Å². The molecule has 1 aromatic heterocycles. The molecular formula is C28H27FN4O2. The summed E-state index contributed by atoms with van der Waals surface area (Å²) in [7, 11) is 0. The highest BCUT2D eigenvalue weighted by molar-refractivity contribution is 6.07. The molecule has 0 spiro atoms. The summed E-state index contributed by atoms with van der Waals surface area (Å²) in [6, 6.07) is 19.2. The van der Waals surface area contributed by atoms with E-state index in [1.165, 1.54) is 12.1 Å². The Morgan fingerprint density at radius 2 is 1.71 bits per heavy atom. The molecule has 1 saturated heterocycles. The highest BCUT2D eigenvalue weighted by Crippen LogP contribution is 2.32. The van der Waals surface area contributed by atoms with Crippen LogP contribution >= 0.6 is 0 Å². The van der Waals surface area contributed by atoms with E-state index in [0.29, 0.717) is 29.0 Å². The number of aryl methyl sites for hydroxylation is 1. The summed E-state index contributed by atoms with van der Waals surface area (Å²) in [6.07, 6.45) is 3.25. The molecule has 0 unspecified atom stereocenters. The van der Waals surface area contributed by atoms with Crippen molar-refractivity contribution in [2.24, 2.45) is 0 Å². The van der Waals surface area contributed by atoms with Crippen LogP contribution in [-0.2, 0) is 6.54 Å². The fraction of sp³-hybridized carbons (Fsp3) is 0.250. The van der Waals surface area contributed by atoms with Crippen LogP contribution in [0.25, 0.3) is 10.9 Å². The van der Waals surface area contributed by atoms with Gasteiger partial charge in [0.25, 0.3) is 11.5 Å². The average molecular weight is 471 g/mol. The molecule has 178 valence electrons. The third-order valence-corrected chi connectivity index (χ3v) is 6.51. The van der Waals surface area contributed by atoms with Gasteiger partial charge in [-0.05, 0) is 56.0 Å². The van der Waals surface area contributed by atoms with E-state index in [0.717, 1.165) is 43.6 Å². The number of amides is 1. The molecular weight excluding hydrogens is 443 g/mol. The van der Waals surface area contributed by atoms with Crippen LogP contribution in [0.3, 0.4) is 0 Å².